The highest BCUT2D eigenvalue weighted by atomic mass is 35.5. The molecular weight excluding hydrogens is 323 g/mol. The van der Waals surface area contributed by atoms with Crippen LogP contribution < -0.4 is 0 Å². The third-order valence-corrected chi connectivity index (χ3v) is 4.02. The maximum atomic E-state index is 10.6. The molecule has 126 valence electrons. The van der Waals surface area contributed by atoms with Gasteiger partial charge in [-0.2, -0.15) is 0 Å². The largest absolute Gasteiger partial charge is 0.481 e. The molecule has 1 aliphatic rings. The molecule has 1 N–H and O–H groups in total. The van der Waals surface area contributed by atoms with Crippen molar-refractivity contribution in [3.63, 3.8) is 0 Å². The second-order valence-corrected chi connectivity index (χ2v) is 5.88. The zero-order valence-corrected chi connectivity index (χ0v) is 14.8. The van der Waals surface area contributed by atoms with Crippen molar-refractivity contribution in [2.75, 3.05) is 13.1 Å². The van der Waals surface area contributed by atoms with Crippen LogP contribution in [0.3, 0.4) is 0 Å². The smallest absolute Gasteiger partial charge is 0.303 e. The normalized spacial score (nSPS) is 18.4. The third kappa shape index (κ3) is 6.11. The molecule has 22 heavy (non-hydrogen) atoms. The Kier molecular flexibility index (Phi) is 9.65. The van der Waals surface area contributed by atoms with Gasteiger partial charge < -0.3 is 10.0 Å². The number of halogens is 2. The zero-order valence-electron chi connectivity index (χ0n) is 13.2. The number of aliphatic carboxylic acids is 1. The maximum Gasteiger partial charge on any atom is 0.303 e. The molecule has 6 heteroatoms. The number of piperidine rings is 1. The van der Waals surface area contributed by atoms with Crippen LogP contribution in [0.15, 0.2) is 18.2 Å². The lowest BCUT2D eigenvalue weighted by atomic mass is 9.93. The van der Waals surface area contributed by atoms with Crippen molar-refractivity contribution in [1.29, 1.82) is 0 Å². The summed E-state index contributed by atoms with van der Waals surface area (Å²) < 4.78 is 0. The first kappa shape index (κ1) is 21.2. The predicted molar refractivity (Wildman–Crippen MR) is 93.4 cm³/mol. The number of aromatic nitrogens is 1. The molecule has 1 fully saturated rings. The first-order valence-corrected chi connectivity index (χ1v) is 7.48. The van der Waals surface area contributed by atoms with E-state index in [-0.39, 0.29) is 31.2 Å². The highest BCUT2D eigenvalue weighted by molar-refractivity contribution is 5.85. The molecule has 1 atom stereocenters. The zero-order chi connectivity index (χ0) is 14.5. The molecule has 2 heterocycles. The molecule has 1 saturated heterocycles. The summed E-state index contributed by atoms with van der Waals surface area (Å²) in [6.45, 7) is 6.71. The number of carbonyl (C=O) groups is 1. The highest BCUT2D eigenvalue weighted by Gasteiger charge is 2.23. The number of pyridine rings is 1. The Labute approximate surface area is 145 Å². The van der Waals surface area contributed by atoms with E-state index in [0.29, 0.717) is 18.4 Å². The fourth-order valence-corrected chi connectivity index (χ4v) is 2.82. The molecule has 0 saturated carbocycles. The van der Waals surface area contributed by atoms with Crippen molar-refractivity contribution in [1.82, 2.24) is 9.88 Å². The van der Waals surface area contributed by atoms with Gasteiger partial charge in [0.2, 0.25) is 0 Å². The highest BCUT2D eigenvalue weighted by Crippen LogP contribution is 2.26. The van der Waals surface area contributed by atoms with E-state index in [2.05, 4.69) is 29.8 Å². The van der Waals surface area contributed by atoms with Gasteiger partial charge in [0.25, 0.3) is 0 Å². The first-order valence-electron chi connectivity index (χ1n) is 7.48. The Morgan fingerprint density at radius 2 is 2.14 bits per heavy atom. The number of carboxylic acids is 1. The van der Waals surface area contributed by atoms with Crippen LogP contribution in [0.4, 0.5) is 0 Å². The molecule has 0 radical (unpaired) electrons. The van der Waals surface area contributed by atoms with Gasteiger partial charge in [0.15, 0.2) is 0 Å². The lowest BCUT2D eigenvalue weighted by molar-refractivity contribution is -0.136. The average molecular weight is 349 g/mol. The topological polar surface area (TPSA) is 53.4 Å². The van der Waals surface area contributed by atoms with Crippen molar-refractivity contribution >= 4 is 30.8 Å². The van der Waals surface area contributed by atoms with E-state index in [1.165, 1.54) is 19.4 Å². The van der Waals surface area contributed by atoms with Gasteiger partial charge in [-0.15, -0.1) is 24.8 Å². The lowest BCUT2D eigenvalue weighted by Crippen LogP contribution is -2.39. The van der Waals surface area contributed by atoms with Crippen molar-refractivity contribution in [2.24, 2.45) is 0 Å². The molecule has 0 aliphatic carbocycles. The van der Waals surface area contributed by atoms with E-state index in [4.69, 9.17) is 5.11 Å². The van der Waals surface area contributed by atoms with Crippen molar-refractivity contribution < 1.29 is 9.90 Å². The van der Waals surface area contributed by atoms with E-state index in [1.54, 1.807) is 0 Å². The molecule has 0 bridgehead atoms. The van der Waals surface area contributed by atoms with Crippen molar-refractivity contribution in [3.05, 3.63) is 29.6 Å². The van der Waals surface area contributed by atoms with Crippen LogP contribution in [0, 0.1) is 0 Å². The van der Waals surface area contributed by atoms with Crippen LogP contribution in [-0.4, -0.2) is 40.1 Å². The summed E-state index contributed by atoms with van der Waals surface area (Å²) >= 11 is 0. The van der Waals surface area contributed by atoms with Crippen molar-refractivity contribution in [2.45, 2.75) is 51.5 Å². The summed E-state index contributed by atoms with van der Waals surface area (Å²) in [5, 5.41) is 8.75. The quantitative estimate of drug-likeness (QED) is 0.884. The number of nitrogens with zero attached hydrogens (tertiary/aromatic N) is 2. The minimum atomic E-state index is -0.763. The Morgan fingerprint density at radius 3 is 2.77 bits per heavy atom. The van der Waals surface area contributed by atoms with Gasteiger partial charge in [0.05, 0.1) is 6.42 Å². The van der Waals surface area contributed by atoms with Gasteiger partial charge in [-0.25, -0.2) is 0 Å². The number of hydrogen-bond acceptors (Lipinski definition) is 3. The standard InChI is InChI=1S/C16H24N2O2.2ClH/c1-12(2)18-10-4-5-13(11-18)15-7-3-6-14(17-15)8-9-16(19)20;;/h3,6-7,12-13H,4-5,8-11H2,1-2H3,(H,19,20);2*1H. The van der Waals surface area contributed by atoms with E-state index in [0.717, 1.165) is 17.9 Å². The van der Waals surface area contributed by atoms with Crippen LogP contribution in [-0.2, 0) is 11.2 Å². The lowest BCUT2D eigenvalue weighted by Gasteiger charge is -2.35. The first-order chi connectivity index (χ1) is 9.56. The minimum Gasteiger partial charge on any atom is -0.481 e. The summed E-state index contributed by atoms with van der Waals surface area (Å²) in [5.41, 5.74) is 2.02. The maximum absolute atomic E-state index is 10.6. The monoisotopic (exact) mass is 348 g/mol. The summed E-state index contributed by atoms with van der Waals surface area (Å²) in [6.07, 6.45) is 3.06. The van der Waals surface area contributed by atoms with E-state index in [1.807, 2.05) is 12.1 Å². The van der Waals surface area contributed by atoms with Gasteiger partial charge in [-0.1, -0.05) is 6.07 Å². The molecule has 0 spiro atoms. The average Bonchev–Trinajstić information content (AvgIpc) is 2.45. The van der Waals surface area contributed by atoms with Crippen molar-refractivity contribution in [3.8, 4) is 0 Å². The molecule has 1 aromatic rings. The Hall–Kier alpha value is -0.840. The van der Waals surface area contributed by atoms with Crippen LogP contribution >= 0.6 is 24.8 Å². The summed E-state index contributed by atoms with van der Waals surface area (Å²) in [5.74, 6) is -0.281. The number of aryl methyl sites for hydroxylation is 1. The second-order valence-electron chi connectivity index (χ2n) is 5.88. The van der Waals surface area contributed by atoms with E-state index >= 15 is 0 Å². The summed E-state index contributed by atoms with van der Waals surface area (Å²) in [6, 6.07) is 6.59. The SMILES string of the molecule is CC(C)N1CCCC(c2cccc(CCC(=O)O)n2)C1.Cl.Cl. The Morgan fingerprint density at radius 1 is 1.41 bits per heavy atom. The number of carboxylic acid groups (broad SMARTS) is 1. The summed E-state index contributed by atoms with van der Waals surface area (Å²) in [4.78, 5) is 17.8. The van der Waals surface area contributed by atoms with Crippen LogP contribution in [0.1, 0.15) is 50.4 Å². The molecule has 1 aromatic heterocycles. The molecule has 1 unspecified atom stereocenters. The predicted octanol–water partition coefficient (Wildman–Crippen LogP) is 3.53. The van der Waals surface area contributed by atoms with Crippen LogP contribution in [0.2, 0.25) is 0 Å². The molecule has 1 aliphatic heterocycles. The molecule has 0 amide bonds. The number of hydrogen-bond donors (Lipinski definition) is 1. The molecule has 4 nitrogen and oxygen atoms in total. The fraction of sp³-hybridized carbons (Fsp3) is 0.625. The Bertz CT molecular complexity index is 469. The van der Waals surface area contributed by atoms with Gasteiger partial charge >= 0.3 is 5.97 Å². The van der Waals surface area contributed by atoms with E-state index < -0.39 is 5.97 Å². The van der Waals surface area contributed by atoms with Gasteiger partial charge in [-0.3, -0.25) is 9.78 Å². The second kappa shape index (κ2) is 10.0. The minimum absolute atomic E-state index is 0. The van der Waals surface area contributed by atoms with Crippen LogP contribution in [0.25, 0.3) is 0 Å². The van der Waals surface area contributed by atoms with Gasteiger partial charge in [-0.05, 0) is 45.4 Å². The summed E-state index contributed by atoms with van der Waals surface area (Å²) in [7, 11) is 0. The van der Waals surface area contributed by atoms with Gasteiger partial charge in [0.1, 0.15) is 0 Å². The van der Waals surface area contributed by atoms with Gasteiger partial charge in [0, 0.05) is 36.3 Å². The molecular formula is C16H26Cl2N2O2. The molecule has 0 aromatic carbocycles. The van der Waals surface area contributed by atoms with Crippen LogP contribution in [0.5, 0.6) is 0 Å². The Balaban J connectivity index is 0.00000220. The number of likely N-dealkylation sites (tertiary alicyclic amines) is 1. The fourth-order valence-electron chi connectivity index (χ4n) is 2.82. The molecule has 2 rings (SSSR count). The van der Waals surface area contributed by atoms with E-state index in [9.17, 15) is 4.79 Å². The number of rotatable bonds is 5. The third-order valence-electron chi connectivity index (χ3n) is 4.02.